The summed E-state index contributed by atoms with van der Waals surface area (Å²) in [5.41, 5.74) is 4.84. The first kappa shape index (κ1) is 14.9. The molecule has 0 fully saturated rings. The highest BCUT2D eigenvalue weighted by Crippen LogP contribution is 2.37. The number of fused-ring (bicyclic) bond motifs is 1. The lowest BCUT2D eigenvalue weighted by atomic mass is 9.92. The van der Waals surface area contributed by atoms with E-state index in [9.17, 15) is 4.39 Å². The molecule has 0 amide bonds. The molecule has 2 atom stereocenters. The normalized spacial score (nSPS) is 19.6. The Balaban J connectivity index is 1.72. The fraction of sp³-hybridized carbons (Fsp3) is 0.263. The van der Waals surface area contributed by atoms with Crippen LogP contribution in [0.2, 0.25) is 0 Å². The summed E-state index contributed by atoms with van der Waals surface area (Å²) < 4.78 is 15.1. The van der Waals surface area contributed by atoms with Gasteiger partial charge in [0.05, 0.1) is 12.1 Å². The highest BCUT2D eigenvalue weighted by atomic mass is 19.1. The number of nitrogens with one attached hydrogen (secondary N) is 1. The Morgan fingerprint density at radius 2 is 1.79 bits per heavy atom. The Morgan fingerprint density at radius 1 is 1.04 bits per heavy atom. The maximum absolute atomic E-state index is 13.3. The summed E-state index contributed by atoms with van der Waals surface area (Å²) in [4.78, 5) is 4.33. The van der Waals surface area contributed by atoms with E-state index in [1.807, 2.05) is 16.8 Å². The van der Waals surface area contributed by atoms with E-state index in [2.05, 4.69) is 47.4 Å². The van der Waals surface area contributed by atoms with E-state index in [1.54, 1.807) is 6.33 Å². The molecule has 0 spiro atoms. The second kappa shape index (κ2) is 5.74. The van der Waals surface area contributed by atoms with Gasteiger partial charge in [-0.3, -0.25) is 0 Å². The van der Waals surface area contributed by atoms with Crippen LogP contribution >= 0.6 is 0 Å². The van der Waals surface area contributed by atoms with Crippen molar-refractivity contribution < 1.29 is 4.39 Å². The SMILES string of the molecule is Cc1ccc([C@@H]2C[C@@H](c3ccc(F)cc3)n3ncnc3N2)cc1C. The third kappa shape index (κ3) is 2.56. The summed E-state index contributed by atoms with van der Waals surface area (Å²) in [5.74, 6) is 0.524. The molecule has 122 valence electrons. The van der Waals surface area contributed by atoms with Crippen molar-refractivity contribution in [1.82, 2.24) is 14.8 Å². The van der Waals surface area contributed by atoms with Gasteiger partial charge in [-0.1, -0.05) is 30.3 Å². The molecule has 4 nitrogen and oxygen atoms in total. The van der Waals surface area contributed by atoms with E-state index in [0.29, 0.717) is 0 Å². The van der Waals surface area contributed by atoms with Crippen LogP contribution in [0.5, 0.6) is 0 Å². The minimum absolute atomic E-state index is 0.0379. The Bertz CT molecular complexity index is 869. The van der Waals surface area contributed by atoms with Crippen LogP contribution in [-0.2, 0) is 0 Å². The van der Waals surface area contributed by atoms with Gasteiger partial charge < -0.3 is 5.32 Å². The Morgan fingerprint density at radius 3 is 2.54 bits per heavy atom. The Kier molecular flexibility index (Phi) is 3.56. The van der Waals surface area contributed by atoms with Gasteiger partial charge in [0.2, 0.25) is 5.95 Å². The predicted octanol–water partition coefficient (Wildman–Crippen LogP) is 4.18. The van der Waals surface area contributed by atoms with Gasteiger partial charge in [0.25, 0.3) is 0 Å². The van der Waals surface area contributed by atoms with E-state index in [1.165, 1.54) is 28.8 Å². The third-order valence-corrected chi connectivity index (χ3v) is 4.82. The zero-order valence-corrected chi connectivity index (χ0v) is 13.7. The molecule has 0 saturated carbocycles. The molecule has 0 saturated heterocycles. The molecule has 2 aromatic carbocycles. The van der Waals surface area contributed by atoms with E-state index in [0.717, 1.165) is 17.9 Å². The summed E-state index contributed by atoms with van der Waals surface area (Å²) in [6.07, 6.45) is 2.39. The minimum atomic E-state index is -0.225. The lowest BCUT2D eigenvalue weighted by Crippen LogP contribution is -2.28. The molecule has 2 heterocycles. The van der Waals surface area contributed by atoms with Gasteiger partial charge in [-0.25, -0.2) is 9.07 Å². The van der Waals surface area contributed by atoms with Crippen molar-refractivity contribution in [2.24, 2.45) is 0 Å². The number of hydrogen-bond acceptors (Lipinski definition) is 3. The number of rotatable bonds is 2. The van der Waals surface area contributed by atoms with E-state index < -0.39 is 0 Å². The van der Waals surface area contributed by atoms with E-state index in [4.69, 9.17) is 0 Å². The van der Waals surface area contributed by atoms with Crippen LogP contribution in [0, 0.1) is 19.7 Å². The lowest BCUT2D eigenvalue weighted by Gasteiger charge is -2.32. The summed E-state index contributed by atoms with van der Waals surface area (Å²) in [7, 11) is 0. The molecule has 24 heavy (non-hydrogen) atoms. The van der Waals surface area contributed by atoms with Crippen LogP contribution in [0.1, 0.15) is 40.8 Å². The maximum atomic E-state index is 13.3. The van der Waals surface area contributed by atoms with Gasteiger partial charge in [-0.05, 0) is 54.7 Å². The highest BCUT2D eigenvalue weighted by molar-refractivity contribution is 5.40. The Labute approximate surface area is 140 Å². The molecule has 5 heteroatoms. The number of benzene rings is 2. The standard InChI is InChI=1S/C19H19FN4/c1-12-3-4-15(9-13(12)2)17-10-18(14-5-7-16(20)8-6-14)24-19(23-17)21-11-22-24/h3-9,11,17-18H,10H2,1-2H3,(H,21,22,23)/t17-,18-/m0/s1. The molecular formula is C19H19FN4. The number of aromatic nitrogens is 3. The molecule has 0 aliphatic carbocycles. The number of nitrogens with zero attached hydrogens (tertiary/aromatic N) is 3. The topological polar surface area (TPSA) is 42.7 Å². The second-order valence-corrected chi connectivity index (χ2v) is 6.37. The monoisotopic (exact) mass is 322 g/mol. The van der Waals surface area contributed by atoms with Crippen molar-refractivity contribution in [3.63, 3.8) is 0 Å². The summed E-state index contributed by atoms with van der Waals surface area (Å²) in [6, 6.07) is 13.4. The van der Waals surface area contributed by atoms with Crippen molar-refractivity contribution in [2.75, 3.05) is 5.32 Å². The lowest BCUT2D eigenvalue weighted by molar-refractivity contribution is 0.430. The molecule has 1 aliphatic heterocycles. The number of halogens is 1. The quantitative estimate of drug-likeness (QED) is 0.769. The van der Waals surface area contributed by atoms with Crippen LogP contribution in [-0.4, -0.2) is 14.8 Å². The number of aryl methyl sites for hydroxylation is 2. The van der Waals surface area contributed by atoms with Crippen molar-refractivity contribution in [2.45, 2.75) is 32.4 Å². The predicted molar refractivity (Wildman–Crippen MR) is 91.5 cm³/mol. The molecular weight excluding hydrogens is 303 g/mol. The molecule has 4 rings (SSSR count). The zero-order chi connectivity index (χ0) is 16.7. The number of hydrogen-bond donors (Lipinski definition) is 1. The second-order valence-electron chi connectivity index (χ2n) is 6.37. The minimum Gasteiger partial charge on any atom is -0.348 e. The van der Waals surface area contributed by atoms with E-state index >= 15 is 0 Å². The summed E-state index contributed by atoms with van der Waals surface area (Å²) >= 11 is 0. The van der Waals surface area contributed by atoms with Gasteiger partial charge in [-0.15, -0.1) is 0 Å². The van der Waals surface area contributed by atoms with Crippen LogP contribution in [0.4, 0.5) is 10.3 Å². The fourth-order valence-electron chi connectivity index (χ4n) is 3.28. The number of anilines is 1. The first-order chi connectivity index (χ1) is 11.6. The van der Waals surface area contributed by atoms with Crippen molar-refractivity contribution in [3.8, 4) is 0 Å². The fourth-order valence-corrected chi connectivity index (χ4v) is 3.28. The Hall–Kier alpha value is -2.69. The maximum Gasteiger partial charge on any atom is 0.222 e. The van der Waals surface area contributed by atoms with Crippen LogP contribution in [0.15, 0.2) is 48.8 Å². The molecule has 3 aromatic rings. The smallest absolute Gasteiger partial charge is 0.222 e. The highest BCUT2D eigenvalue weighted by Gasteiger charge is 2.29. The molecule has 0 unspecified atom stereocenters. The average molecular weight is 322 g/mol. The van der Waals surface area contributed by atoms with Crippen LogP contribution in [0.25, 0.3) is 0 Å². The van der Waals surface area contributed by atoms with Gasteiger partial charge in [0, 0.05) is 0 Å². The van der Waals surface area contributed by atoms with Crippen molar-refractivity contribution in [3.05, 3.63) is 76.9 Å². The third-order valence-electron chi connectivity index (χ3n) is 4.82. The summed E-state index contributed by atoms with van der Waals surface area (Å²) in [6.45, 7) is 4.24. The van der Waals surface area contributed by atoms with Crippen molar-refractivity contribution in [1.29, 1.82) is 0 Å². The first-order valence-electron chi connectivity index (χ1n) is 8.10. The van der Waals surface area contributed by atoms with Gasteiger partial charge in [0.1, 0.15) is 12.1 Å². The largest absolute Gasteiger partial charge is 0.348 e. The van der Waals surface area contributed by atoms with Gasteiger partial charge >= 0.3 is 0 Å². The molecule has 0 radical (unpaired) electrons. The molecule has 1 N–H and O–H groups in total. The zero-order valence-electron chi connectivity index (χ0n) is 13.7. The molecule has 0 bridgehead atoms. The summed E-state index contributed by atoms with van der Waals surface area (Å²) in [5, 5.41) is 7.81. The molecule has 1 aromatic heterocycles. The first-order valence-corrected chi connectivity index (χ1v) is 8.10. The van der Waals surface area contributed by atoms with Crippen LogP contribution in [0.3, 0.4) is 0 Å². The van der Waals surface area contributed by atoms with Gasteiger partial charge in [0.15, 0.2) is 0 Å². The van der Waals surface area contributed by atoms with Crippen molar-refractivity contribution >= 4 is 5.95 Å². The average Bonchev–Trinajstić information content (AvgIpc) is 3.06. The van der Waals surface area contributed by atoms with E-state index in [-0.39, 0.29) is 17.9 Å². The molecule has 1 aliphatic rings. The van der Waals surface area contributed by atoms with Gasteiger partial charge in [-0.2, -0.15) is 10.1 Å². The van der Waals surface area contributed by atoms with Crippen LogP contribution < -0.4 is 5.32 Å².